The van der Waals surface area contributed by atoms with Crippen LogP contribution >= 0.6 is 11.3 Å². The molecule has 0 spiro atoms. The van der Waals surface area contributed by atoms with Gasteiger partial charge in [-0.1, -0.05) is 0 Å². The van der Waals surface area contributed by atoms with E-state index in [1.165, 1.54) is 0 Å². The summed E-state index contributed by atoms with van der Waals surface area (Å²) in [6, 6.07) is 2.09. The van der Waals surface area contributed by atoms with Crippen molar-refractivity contribution in [2.45, 2.75) is 12.5 Å². The first kappa shape index (κ1) is 12.2. The SMILES string of the molecule is COCC(N)CCNc1ncnc2sccc12. The number of fused-ring (bicyclic) bond motifs is 1. The lowest BCUT2D eigenvalue weighted by Crippen LogP contribution is -2.28. The summed E-state index contributed by atoms with van der Waals surface area (Å²) in [7, 11) is 1.66. The fourth-order valence-electron chi connectivity index (χ4n) is 1.60. The second-order valence-electron chi connectivity index (χ2n) is 3.79. The van der Waals surface area contributed by atoms with Gasteiger partial charge in [-0.3, -0.25) is 0 Å². The maximum atomic E-state index is 5.85. The highest BCUT2D eigenvalue weighted by Crippen LogP contribution is 2.23. The van der Waals surface area contributed by atoms with Crippen LogP contribution in [0.4, 0.5) is 5.82 Å². The summed E-state index contributed by atoms with van der Waals surface area (Å²) in [5, 5.41) is 6.37. The predicted molar refractivity (Wildman–Crippen MR) is 70.4 cm³/mol. The Balaban J connectivity index is 1.92. The molecule has 0 aliphatic heterocycles. The van der Waals surface area contributed by atoms with E-state index in [0.717, 1.165) is 29.0 Å². The van der Waals surface area contributed by atoms with Gasteiger partial charge in [0.25, 0.3) is 0 Å². The third-order valence-electron chi connectivity index (χ3n) is 2.45. The largest absolute Gasteiger partial charge is 0.383 e. The van der Waals surface area contributed by atoms with Crippen molar-refractivity contribution in [1.29, 1.82) is 0 Å². The van der Waals surface area contributed by atoms with Gasteiger partial charge < -0.3 is 15.8 Å². The van der Waals surface area contributed by atoms with E-state index in [4.69, 9.17) is 10.5 Å². The maximum absolute atomic E-state index is 5.85. The molecule has 1 unspecified atom stereocenters. The molecular formula is C11H16N4OS. The molecule has 0 bridgehead atoms. The third kappa shape index (κ3) is 3.12. The zero-order valence-electron chi connectivity index (χ0n) is 9.72. The molecule has 0 saturated heterocycles. The molecular weight excluding hydrogens is 236 g/mol. The van der Waals surface area contributed by atoms with Crippen LogP contribution in [-0.4, -0.2) is 36.3 Å². The lowest BCUT2D eigenvalue weighted by Gasteiger charge is -2.11. The van der Waals surface area contributed by atoms with E-state index >= 15 is 0 Å². The van der Waals surface area contributed by atoms with Gasteiger partial charge >= 0.3 is 0 Å². The topological polar surface area (TPSA) is 73.1 Å². The predicted octanol–water partition coefficient (Wildman–Crippen LogP) is 1.47. The van der Waals surface area contributed by atoms with Crippen molar-refractivity contribution in [3.63, 3.8) is 0 Å². The molecule has 0 radical (unpaired) electrons. The third-order valence-corrected chi connectivity index (χ3v) is 3.27. The minimum Gasteiger partial charge on any atom is -0.383 e. The molecule has 0 aliphatic rings. The zero-order chi connectivity index (χ0) is 12.1. The molecule has 2 aromatic rings. The number of anilines is 1. The van der Waals surface area contributed by atoms with Gasteiger partial charge in [0, 0.05) is 19.7 Å². The molecule has 0 saturated carbocycles. The second kappa shape index (κ2) is 5.90. The van der Waals surface area contributed by atoms with E-state index in [1.54, 1.807) is 24.8 Å². The van der Waals surface area contributed by atoms with Crippen molar-refractivity contribution in [3.8, 4) is 0 Å². The molecule has 0 amide bonds. The molecule has 92 valence electrons. The first-order valence-electron chi connectivity index (χ1n) is 5.48. The van der Waals surface area contributed by atoms with E-state index in [9.17, 15) is 0 Å². The van der Waals surface area contributed by atoms with Gasteiger partial charge in [0.05, 0.1) is 12.0 Å². The number of hydrogen-bond acceptors (Lipinski definition) is 6. The van der Waals surface area contributed by atoms with Crippen LogP contribution in [0.1, 0.15) is 6.42 Å². The Morgan fingerprint density at radius 3 is 3.24 bits per heavy atom. The van der Waals surface area contributed by atoms with Gasteiger partial charge in [-0.2, -0.15) is 0 Å². The zero-order valence-corrected chi connectivity index (χ0v) is 10.5. The van der Waals surface area contributed by atoms with Gasteiger partial charge in [-0.25, -0.2) is 9.97 Å². The number of hydrogen-bond donors (Lipinski definition) is 2. The molecule has 2 heterocycles. The van der Waals surface area contributed by atoms with E-state index in [-0.39, 0.29) is 6.04 Å². The van der Waals surface area contributed by atoms with Crippen molar-refractivity contribution in [3.05, 3.63) is 17.8 Å². The van der Waals surface area contributed by atoms with Crippen LogP contribution in [0, 0.1) is 0 Å². The minimum atomic E-state index is 0.0623. The monoisotopic (exact) mass is 252 g/mol. The number of aromatic nitrogens is 2. The van der Waals surface area contributed by atoms with Crippen molar-refractivity contribution in [2.24, 2.45) is 5.73 Å². The summed E-state index contributed by atoms with van der Waals surface area (Å²) in [4.78, 5) is 9.43. The van der Waals surface area contributed by atoms with Crippen molar-refractivity contribution < 1.29 is 4.74 Å². The van der Waals surface area contributed by atoms with E-state index in [1.807, 2.05) is 11.4 Å². The average molecular weight is 252 g/mol. The molecule has 0 aromatic carbocycles. The Hall–Kier alpha value is -1.24. The van der Waals surface area contributed by atoms with Crippen LogP contribution < -0.4 is 11.1 Å². The van der Waals surface area contributed by atoms with E-state index in [2.05, 4.69) is 15.3 Å². The summed E-state index contributed by atoms with van der Waals surface area (Å²) >= 11 is 1.61. The van der Waals surface area contributed by atoms with Crippen molar-refractivity contribution in [1.82, 2.24) is 9.97 Å². The standard InChI is InChI=1S/C11H16N4OS/c1-16-6-8(12)2-4-13-10-9-3-5-17-11(9)15-7-14-10/h3,5,7-8H,2,4,6,12H2,1H3,(H,13,14,15). The van der Waals surface area contributed by atoms with Crippen LogP contribution in [0.15, 0.2) is 17.8 Å². The molecule has 6 heteroatoms. The smallest absolute Gasteiger partial charge is 0.138 e. The van der Waals surface area contributed by atoms with Crippen LogP contribution in [0.3, 0.4) is 0 Å². The molecule has 0 fully saturated rings. The average Bonchev–Trinajstić information content (AvgIpc) is 2.78. The molecule has 17 heavy (non-hydrogen) atoms. The Bertz CT molecular complexity index is 473. The minimum absolute atomic E-state index is 0.0623. The van der Waals surface area contributed by atoms with Gasteiger partial charge in [0.1, 0.15) is 17.0 Å². The van der Waals surface area contributed by atoms with Crippen LogP contribution in [0.5, 0.6) is 0 Å². The highest BCUT2D eigenvalue weighted by molar-refractivity contribution is 7.16. The lowest BCUT2D eigenvalue weighted by atomic mass is 10.2. The number of nitrogens with two attached hydrogens (primary N) is 1. The maximum Gasteiger partial charge on any atom is 0.138 e. The Labute approximate surface area is 104 Å². The number of rotatable bonds is 6. The number of ether oxygens (including phenoxy) is 1. The summed E-state index contributed by atoms with van der Waals surface area (Å²) in [5.74, 6) is 0.876. The first-order chi connectivity index (χ1) is 8.31. The van der Waals surface area contributed by atoms with Crippen LogP contribution in [0.25, 0.3) is 10.2 Å². The van der Waals surface area contributed by atoms with E-state index in [0.29, 0.717) is 6.61 Å². The highest BCUT2D eigenvalue weighted by atomic mass is 32.1. The number of methoxy groups -OCH3 is 1. The van der Waals surface area contributed by atoms with E-state index < -0.39 is 0 Å². The Morgan fingerprint density at radius 2 is 2.41 bits per heavy atom. The number of nitrogens with one attached hydrogen (secondary N) is 1. The van der Waals surface area contributed by atoms with Gasteiger partial charge in [0.15, 0.2) is 0 Å². The van der Waals surface area contributed by atoms with Crippen LogP contribution in [-0.2, 0) is 4.74 Å². The summed E-state index contributed by atoms with van der Waals surface area (Å²) in [5.41, 5.74) is 5.85. The summed E-state index contributed by atoms with van der Waals surface area (Å²) in [6.45, 7) is 1.37. The molecule has 2 rings (SSSR count). The highest BCUT2D eigenvalue weighted by Gasteiger charge is 2.05. The van der Waals surface area contributed by atoms with Crippen molar-refractivity contribution in [2.75, 3.05) is 25.6 Å². The normalized spacial score (nSPS) is 12.8. The summed E-state index contributed by atoms with van der Waals surface area (Å²) in [6.07, 6.45) is 2.43. The Kier molecular flexibility index (Phi) is 4.24. The molecule has 2 aromatic heterocycles. The quantitative estimate of drug-likeness (QED) is 0.814. The van der Waals surface area contributed by atoms with Crippen LogP contribution in [0.2, 0.25) is 0 Å². The molecule has 1 atom stereocenters. The molecule has 3 N–H and O–H groups in total. The van der Waals surface area contributed by atoms with Gasteiger partial charge in [-0.05, 0) is 17.9 Å². The van der Waals surface area contributed by atoms with Crippen molar-refractivity contribution >= 4 is 27.4 Å². The lowest BCUT2D eigenvalue weighted by molar-refractivity contribution is 0.178. The fourth-order valence-corrected chi connectivity index (χ4v) is 2.34. The van der Waals surface area contributed by atoms with Gasteiger partial charge in [0.2, 0.25) is 0 Å². The first-order valence-corrected chi connectivity index (χ1v) is 6.36. The molecule has 5 nitrogen and oxygen atoms in total. The Morgan fingerprint density at radius 1 is 1.53 bits per heavy atom. The number of nitrogens with zero attached hydrogens (tertiary/aromatic N) is 2. The second-order valence-corrected chi connectivity index (χ2v) is 4.69. The number of thiophene rings is 1. The van der Waals surface area contributed by atoms with Gasteiger partial charge in [-0.15, -0.1) is 11.3 Å². The fraction of sp³-hybridized carbons (Fsp3) is 0.455. The summed E-state index contributed by atoms with van der Waals surface area (Å²) < 4.78 is 4.99. The molecule has 0 aliphatic carbocycles.